The predicted molar refractivity (Wildman–Crippen MR) is 75.3 cm³/mol. The summed E-state index contributed by atoms with van der Waals surface area (Å²) in [6, 6.07) is 0.700. The summed E-state index contributed by atoms with van der Waals surface area (Å²) in [6.45, 7) is 8.01. The van der Waals surface area contributed by atoms with E-state index in [0.29, 0.717) is 11.8 Å². The van der Waals surface area contributed by atoms with Gasteiger partial charge in [-0.2, -0.15) is 11.8 Å². The van der Waals surface area contributed by atoms with Crippen molar-refractivity contribution in [2.24, 2.45) is 0 Å². The first-order valence-corrected chi connectivity index (χ1v) is 9.19. The third-order valence-electron chi connectivity index (χ3n) is 3.01. The molecule has 0 amide bonds. The summed E-state index contributed by atoms with van der Waals surface area (Å²) in [5, 5.41) is 3.06. The number of hydrogen-bond acceptors (Lipinski definition) is 5. The van der Waals surface area contributed by atoms with Gasteiger partial charge in [0, 0.05) is 42.9 Å². The first-order chi connectivity index (χ1) is 7.82. The van der Waals surface area contributed by atoms with E-state index in [0.717, 1.165) is 18.8 Å². The lowest BCUT2D eigenvalue weighted by molar-refractivity contribution is 0.198. The highest BCUT2D eigenvalue weighted by Crippen LogP contribution is 2.22. The second kappa shape index (κ2) is 6.41. The molecule has 6 heteroatoms. The van der Waals surface area contributed by atoms with Gasteiger partial charge in [0.05, 0.1) is 0 Å². The second-order valence-corrected chi connectivity index (χ2v) is 8.36. The van der Waals surface area contributed by atoms with Crippen molar-refractivity contribution in [2.45, 2.75) is 38.2 Å². The molecule has 0 saturated carbocycles. The van der Waals surface area contributed by atoms with Crippen LogP contribution in [0.15, 0.2) is 0 Å². The van der Waals surface area contributed by atoms with Gasteiger partial charge in [0.2, 0.25) is 0 Å². The minimum atomic E-state index is -2.98. The number of nitrogens with zero attached hydrogens (tertiary/aromatic N) is 1. The molecule has 0 aromatic heterocycles. The summed E-state index contributed by atoms with van der Waals surface area (Å²) in [7, 11) is -2.98. The molecule has 1 N–H and O–H groups in total. The maximum Gasteiger partial charge on any atom is 0.164 e. The first-order valence-electron chi connectivity index (χ1n) is 6.08. The largest absolute Gasteiger partial charge is 0.313 e. The van der Waals surface area contributed by atoms with Crippen molar-refractivity contribution in [3.63, 3.8) is 0 Å². The molecule has 1 fully saturated rings. The van der Waals surface area contributed by atoms with Gasteiger partial charge in [0.15, 0.2) is 9.84 Å². The van der Waals surface area contributed by atoms with Crippen molar-refractivity contribution in [2.75, 3.05) is 30.9 Å². The van der Waals surface area contributed by atoms with E-state index in [1.165, 1.54) is 6.26 Å². The molecule has 0 aromatic carbocycles. The van der Waals surface area contributed by atoms with Gasteiger partial charge in [-0.15, -0.1) is 0 Å². The maximum atomic E-state index is 11.8. The summed E-state index contributed by atoms with van der Waals surface area (Å²) in [6.07, 6.45) is 1.35. The van der Waals surface area contributed by atoms with Gasteiger partial charge in [0.1, 0.15) is 5.37 Å². The van der Waals surface area contributed by atoms with Crippen LogP contribution < -0.4 is 5.32 Å². The lowest BCUT2D eigenvalue weighted by Gasteiger charge is -2.38. The van der Waals surface area contributed by atoms with Crippen molar-refractivity contribution < 1.29 is 8.42 Å². The highest BCUT2D eigenvalue weighted by Gasteiger charge is 2.33. The molecule has 0 aliphatic carbocycles. The van der Waals surface area contributed by atoms with E-state index < -0.39 is 9.84 Å². The molecule has 4 nitrogen and oxygen atoms in total. The average Bonchev–Trinajstić information content (AvgIpc) is 2.24. The molecule has 0 spiro atoms. The molecule has 1 rings (SSSR count). The summed E-state index contributed by atoms with van der Waals surface area (Å²) < 4.78 is 23.5. The lowest BCUT2D eigenvalue weighted by atomic mass is 10.2. The highest BCUT2D eigenvalue weighted by molar-refractivity contribution is 8.00. The zero-order valence-corrected chi connectivity index (χ0v) is 12.8. The summed E-state index contributed by atoms with van der Waals surface area (Å²) in [5.41, 5.74) is 0. The molecule has 0 aromatic rings. The summed E-state index contributed by atoms with van der Waals surface area (Å²) in [5.74, 6) is 1.73. The van der Waals surface area contributed by atoms with Gasteiger partial charge in [-0.05, 0) is 6.92 Å². The van der Waals surface area contributed by atoms with Crippen molar-refractivity contribution in [3.8, 4) is 0 Å². The fourth-order valence-corrected chi connectivity index (χ4v) is 4.97. The molecule has 102 valence electrons. The Bertz CT molecular complexity index is 330. The third-order valence-corrected chi connectivity index (χ3v) is 5.67. The van der Waals surface area contributed by atoms with Crippen LogP contribution in [0.2, 0.25) is 0 Å². The van der Waals surface area contributed by atoms with Crippen LogP contribution in [0.1, 0.15) is 20.8 Å². The molecule has 1 heterocycles. The van der Waals surface area contributed by atoms with E-state index in [1.54, 1.807) is 11.8 Å². The van der Waals surface area contributed by atoms with Crippen molar-refractivity contribution >= 4 is 21.6 Å². The highest BCUT2D eigenvalue weighted by atomic mass is 32.2. The predicted octanol–water partition coefficient (Wildman–Crippen LogP) is 0.792. The van der Waals surface area contributed by atoms with Crippen LogP contribution >= 0.6 is 11.8 Å². The van der Waals surface area contributed by atoms with Gasteiger partial charge in [0.25, 0.3) is 0 Å². The summed E-state index contributed by atoms with van der Waals surface area (Å²) in [4.78, 5) is 2.13. The zero-order valence-electron chi connectivity index (χ0n) is 11.1. The van der Waals surface area contributed by atoms with E-state index in [2.05, 4.69) is 31.0 Å². The van der Waals surface area contributed by atoms with Crippen LogP contribution in [0.3, 0.4) is 0 Å². The topological polar surface area (TPSA) is 49.4 Å². The first kappa shape index (κ1) is 15.3. The SMILES string of the molecule is CC(C)NCC(C)N1CCSCC1S(C)(=O)=O. The quantitative estimate of drug-likeness (QED) is 0.807. The van der Waals surface area contributed by atoms with Crippen LogP contribution in [0, 0.1) is 0 Å². The number of nitrogens with one attached hydrogen (secondary N) is 1. The van der Waals surface area contributed by atoms with Crippen molar-refractivity contribution in [1.82, 2.24) is 10.2 Å². The molecular weight excluding hydrogens is 256 g/mol. The van der Waals surface area contributed by atoms with E-state index in [4.69, 9.17) is 0 Å². The van der Waals surface area contributed by atoms with Gasteiger partial charge in [-0.1, -0.05) is 13.8 Å². The van der Waals surface area contributed by atoms with E-state index in [1.807, 2.05) is 0 Å². The standard InChI is InChI=1S/C11H24N2O2S2/c1-9(2)12-7-10(3)13-5-6-16-8-11(13)17(4,14)15/h9-12H,5-8H2,1-4H3. The monoisotopic (exact) mass is 280 g/mol. The number of hydrogen-bond donors (Lipinski definition) is 1. The number of sulfone groups is 1. The Morgan fingerprint density at radius 3 is 2.59 bits per heavy atom. The Labute approximate surface area is 109 Å². The lowest BCUT2D eigenvalue weighted by Crippen LogP contribution is -2.54. The Morgan fingerprint density at radius 1 is 1.41 bits per heavy atom. The molecule has 2 atom stereocenters. The van der Waals surface area contributed by atoms with Crippen LogP contribution in [0.4, 0.5) is 0 Å². The Hall–Kier alpha value is 0.220. The molecule has 0 radical (unpaired) electrons. The third kappa shape index (κ3) is 4.77. The smallest absolute Gasteiger partial charge is 0.164 e. The van der Waals surface area contributed by atoms with Crippen molar-refractivity contribution in [3.05, 3.63) is 0 Å². The summed E-state index contributed by atoms with van der Waals surface area (Å²) >= 11 is 1.73. The van der Waals surface area contributed by atoms with Gasteiger partial charge >= 0.3 is 0 Å². The maximum absolute atomic E-state index is 11.8. The molecule has 1 saturated heterocycles. The van der Waals surface area contributed by atoms with Crippen LogP contribution in [-0.2, 0) is 9.84 Å². The van der Waals surface area contributed by atoms with Gasteiger partial charge in [-0.3, -0.25) is 4.90 Å². The van der Waals surface area contributed by atoms with Crippen molar-refractivity contribution in [1.29, 1.82) is 0 Å². The van der Waals surface area contributed by atoms with Gasteiger partial charge < -0.3 is 5.32 Å². The Balaban J connectivity index is 2.64. The van der Waals surface area contributed by atoms with Gasteiger partial charge in [-0.25, -0.2) is 8.42 Å². The van der Waals surface area contributed by atoms with Crippen LogP contribution in [-0.4, -0.2) is 61.6 Å². The average molecular weight is 280 g/mol. The molecular formula is C11H24N2O2S2. The second-order valence-electron chi connectivity index (χ2n) is 5.01. The fourth-order valence-electron chi connectivity index (χ4n) is 1.99. The normalized spacial score (nSPS) is 25.1. The van der Waals surface area contributed by atoms with E-state index in [-0.39, 0.29) is 11.4 Å². The fraction of sp³-hybridized carbons (Fsp3) is 1.00. The van der Waals surface area contributed by atoms with Crippen LogP contribution in [0.5, 0.6) is 0 Å². The number of rotatable bonds is 5. The minimum Gasteiger partial charge on any atom is -0.313 e. The number of thioether (sulfide) groups is 1. The van der Waals surface area contributed by atoms with E-state index in [9.17, 15) is 8.42 Å². The molecule has 0 bridgehead atoms. The van der Waals surface area contributed by atoms with E-state index >= 15 is 0 Å². The molecule has 2 unspecified atom stereocenters. The Kier molecular flexibility index (Phi) is 5.76. The van der Waals surface area contributed by atoms with Crippen LogP contribution in [0.25, 0.3) is 0 Å². The Morgan fingerprint density at radius 2 is 2.06 bits per heavy atom. The molecule has 17 heavy (non-hydrogen) atoms. The minimum absolute atomic E-state index is 0.262. The molecule has 1 aliphatic heterocycles. The molecule has 1 aliphatic rings. The zero-order chi connectivity index (χ0) is 13.1.